The molecule has 1 amide bonds. The second kappa shape index (κ2) is 6.15. The van der Waals surface area contributed by atoms with Crippen LogP contribution in [0.25, 0.3) is 10.9 Å². The van der Waals surface area contributed by atoms with Crippen molar-refractivity contribution in [3.8, 4) is 0 Å². The second-order valence-electron chi connectivity index (χ2n) is 6.76. The summed E-state index contributed by atoms with van der Waals surface area (Å²) in [6.07, 6.45) is 8.52. The number of fused-ring (bicyclic) bond motifs is 1. The zero-order chi connectivity index (χ0) is 16.5. The van der Waals surface area contributed by atoms with Crippen LogP contribution in [0.1, 0.15) is 17.5 Å². The van der Waals surface area contributed by atoms with E-state index < -0.39 is 0 Å². The fourth-order valence-corrected chi connectivity index (χ4v) is 3.69. The first-order valence-corrected chi connectivity index (χ1v) is 8.49. The van der Waals surface area contributed by atoms with Crippen molar-refractivity contribution in [3.05, 3.63) is 54.0 Å². The number of aromatic amines is 1. The summed E-state index contributed by atoms with van der Waals surface area (Å²) in [5.74, 6) is 0.773. The van der Waals surface area contributed by atoms with Gasteiger partial charge in [-0.15, -0.1) is 0 Å². The Bertz CT molecular complexity index is 863. The van der Waals surface area contributed by atoms with E-state index in [0.29, 0.717) is 12.3 Å². The van der Waals surface area contributed by atoms with Gasteiger partial charge in [-0.25, -0.2) is 0 Å². The molecule has 0 aliphatic carbocycles. The summed E-state index contributed by atoms with van der Waals surface area (Å²) in [5, 5.41) is 5.37. The molecule has 1 atom stereocenters. The Labute approximate surface area is 141 Å². The lowest BCUT2D eigenvalue weighted by molar-refractivity contribution is -0.129. The molecule has 124 valence electrons. The summed E-state index contributed by atoms with van der Waals surface area (Å²) in [6, 6.07) is 8.14. The van der Waals surface area contributed by atoms with Crippen LogP contribution in [0.15, 0.2) is 42.9 Å². The number of hydrogen-bond acceptors (Lipinski definition) is 2. The first-order valence-electron chi connectivity index (χ1n) is 8.49. The highest BCUT2D eigenvalue weighted by Crippen LogP contribution is 2.23. The number of nitrogens with one attached hydrogen (secondary N) is 1. The number of para-hydroxylation sites is 1. The number of amides is 1. The zero-order valence-electron chi connectivity index (χ0n) is 13.9. The van der Waals surface area contributed by atoms with Crippen molar-refractivity contribution in [1.82, 2.24) is 19.7 Å². The Kier molecular flexibility index (Phi) is 3.84. The quantitative estimate of drug-likeness (QED) is 0.802. The zero-order valence-corrected chi connectivity index (χ0v) is 13.9. The Morgan fingerprint density at radius 1 is 1.38 bits per heavy atom. The maximum atomic E-state index is 12.7. The fourth-order valence-electron chi connectivity index (χ4n) is 3.69. The van der Waals surface area contributed by atoms with Gasteiger partial charge in [-0.3, -0.25) is 9.48 Å². The highest BCUT2D eigenvalue weighted by molar-refractivity contribution is 5.88. The van der Waals surface area contributed by atoms with Crippen LogP contribution in [0.4, 0.5) is 0 Å². The molecule has 2 aromatic heterocycles. The summed E-state index contributed by atoms with van der Waals surface area (Å²) in [7, 11) is 1.94. The number of hydrogen-bond donors (Lipinski definition) is 1. The van der Waals surface area contributed by atoms with Gasteiger partial charge in [0, 0.05) is 43.4 Å². The Balaban J connectivity index is 1.39. The van der Waals surface area contributed by atoms with Crippen molar-refractivity contribution in [3.63, 3.8) is 0 Å². The van der Waals surface area contributed by atoms with Crippen molar-refractivity contribution in [2.24, 2.45) is 13.0 Å². The average Bonchev–Trinajstić information content (AvgIpc) is 3.29. The van der Waals surface area contributed by atoms with Gasteiger partial charge in [0.15, 0.2) is 0 Å². The smallest absolute Gasteiger partial charge is 0.227 e. The first kappa shape index (κ1) is 15.0. The van der Waals surface area contributed by atoms with E-state index in [1.807, 2.05) is 47.2 Å². The number of carbonyl (C=O) groups excluding carboxylic acids is 1. The predicted octanol–water partition coefficient (Wildman–Crippen LogP) is 2.54. The van der Waals surface area contributed by atoms with Crippen molar-refractivity contribution < 1.29 is 4.79 Å². The molecule has 1 unspecified atom stereocenters. The SMILES string of the molecule is Cn1cc(CC2CCN(C(=O)Cc3c[nH]c4ccccc34)C2)cn1. The van der Waals surface area contributed by atoms with Crippen LogP contribution in [0.2, 0.25) is 0 Å². The summed E-state index contributed by atoms with van der Waals surface area (Å²) in [4.78, 5) is 17.9. The van der Waals surface area contributed by atoms with Gasteiger partial charge in [0.05, 0.1) is 12.6 Å². The number of aromatic nitrogens is 3. The molecule has 1 aromatic carbocycles. The highest BCUT2D eigenvalue weighted by atomic mass is 16.2. The van der Waals surface area contributed by atoms with Gasteiger partial charge in [-0.1, -0.05) is 18.2 Å². The molecule has 3 aromatic rings. The van der Waals surface area contributed by atoms with Gasteiger partial charge < -0.3 is 9.88 Å². The van der Waals surface area contributed by atoms with Crippen molar-refractivity contribution in [2.45, 2.75) is 19.3 Å². The third-order valence-electron chi connectivity index (χ3n) is 4.94. The standard InChI is InChI=1S/C19H22N4O/c1-22-12-15(10-21-22)8-14-6-7-23(13-14)19(24)9-16-11-20-18-5-3-2-4-17(16)18/h2-5,10-12,14,20H,6-9,13H2,1H3. The molecule has 0 spiro atoms. The molecule has 5 nitrogen and oxygen atoms in total. The number of rotatable bonds is 4. The lowest BCUT2D eigenvalue weighted by Crippen LogP contribution is -2.30. The normalized spacial score (nSPS) is 17.7. The molecular weight excluding hydrogens is 300 g/mol. The van der Waals surface area contributed by atoms with Gasteiger partial charge in [0.25, 0.3) is 0 Å². The number of benzene rings is 1. The first-order chi connectivity index (χ1) is 11.7. The van der Waals surface area contributed by atoms with Gasteiger partial charge in [0.1, 0.15) is 0 Å². The van der Waals surface area contributed by atoms with Crippen LogP contribution in [0.5, 0.6) is 0 Å². The van der Waals surface area contributed by atoms with Crippen molar-refractivity contribution in [2.75, 3.05) is 13.1 Å². The summed E-state index contributed by atoms with van der Waals surface area (Å²) in [5.41, 5.74) is 3.44. The molecule has 1 aliphatic heterocycles. The molecule has 0 bridgehead atoms. The fraction of sp³-hybridized carbons (Fsp3) is 0.368. The molecule has 1 saturated heterocycles. The summed E-state index contributed by atoms with van der Waals surface area (Å²) < 4.78 is 1.84. The van der Waals surface area contributed by atoms with Crippen LogP contribution in [-0.4, -0.2) is 38.7 Å². The van der Waals surface area contributed by atoms with E-state index >= 15 is 0 Å². The van der Waals surface area contributed by atoms with E-state index in [0.717, 1.165) is 42.4 Å². The number of carbonyl (C=O) groups is 1. The molecule has 1 aliphatic rings. The Morgan fingerprint density at radius 2 is 2.25 bits per heavy atom. The largest absolute Gasteiger partial charge is 0.361 e. The molecule has 0 saturated carbocycles. The molecule has 1 N–H and O–H groups in total. The third kappa shape index (κ3) is 2.94. The second-order valence-corrected chi connectivity index (χ2v) is 6.76. The number of likely N-dealkylation sites (tertiary alicyclic amines) is 1. The minimum atomic E-state index is 0.230. The minimum Gasteiger partial charge on any atom is -0.361 e. The van der Waals surface area contributed by atoms with Gasteiger partial charge >= 0.3 is 0 Å². The van der Waals surface area contributed by atoms with E-state index in [1.165, 1.54) is 5.56 Å². The predicted molar refractivity (Wildman–Crippen MR) is 93.6 cm³/mol. The van der Waals surface area contributed by atoms with Crippen LogP contribution < -0.4 is 0 Å². The Hall–Kier alpha value is -2.56. The summed E-state index contributed by atoms with van der Waals surface area (Å²) in [6.45, 7) is 1.72. The maximum Gasteiger partial charge on any atom is 0.227 e. The van der Waals surface area contributed by atoms with Crippen molar-refractivity contribution >= 4 is 16.8 Å². The topological polar surface area (TPSA) is 53.9 Å². The average molecular weight is 322 g/mol. The van der Waals surface area contributed by atoms with E-state index in [9.17, 15) is 4.79 Å². The Morgan fingerprint density at radius 3 is 3.08 bits per heavy atom. The lowest BCUT2D eigenvalue weighted by atomic mass is 10.0. The van der Waals surface area contributed by atoms with Crippen LogP contribution in [0, 0.1) is 5.92 Å². The van der Waals surface area contributed by atoms with Gasteiger partial charge in [0.2, 0.25) is 5.91 Å². The lowest BCUT2D eigenvalue weighted by Gasteiger charge is -2.16. The van der Waals surface area contributed by atoms with E-state index in [4.69, 9.17) is 0 Å². The molecule has 0 radical (unpaired) electrons. The van der Waals surface area contributed by atoms with E-state index in [2.05, 4.69) is 22.3 Å². The maximum absolute atomic E-state index is 12.7. The van der Waals surface area contributed by atoms with E-state index in [-0.39, 0.29) is 5.91 Å². The molecule has 5 heteroatoms. The van der Waals surface area contributed by atoms with E-state index in [1.54, 1.807) is 0 Å². The minimum absolute atomic E-state index is 0.230. The molecular formula is C19H22N4O. The summed E-state index contributed by atoms with van der Waals surface area (Å²) >= 11 is 0. The van der Waals surface area contributed by atoms with Crippen LogP contribution in [0.3, 0.4) is 0 Å². The van der Waals surface area contributed by atoms with Gasteiger partial charge in [-0.2, -0.15) is 5.10 Å². The molecule has 24 heavy (non-hydrogen) atoms. The molecule has 4 rings (SSSR count). The monoisotopic (exact) mass is 322 g/mol. The third-order valence-corrected chi connectivity index (χ3v) is 4.94. The number of H-pyrrole nitrogens is 1. The molecule has 1 fully saturated rings. The molecule has 3 heterocycles. The van der Waals surface area contributed by atoms with Crippen molar-refractivity contribution in [1.29, 1.82) is 0 Å². The van der Waals surface area contributed by atoms with Crippen LogP contribution >= 0.6 is 0 Å². The van der Waals surface area contributed by atoms with Gasteiger partial charge in [-0.05, 0) is 36.0 Å². The number of aryl methyl sites for hydroxylation is 1. The number of nitrogens with zero attached hydrogens (tertiary/aromatic N) is 3. The van der Waals surface area contributed by atoms with Crippen LogP contribution in [-0.2, 0) is 24.7 Å². The highest BCUT2D eigenvalue weighted by Gasteiger charge is 2.26.